The number of methoxy groups -OCH3 is 1. The highest BCUT2D eigenvalue weighted by Crippen LogP contribution is 2.38. The molecule has 0 spiro atoms. The van der Waals surface area contributed by atoms with Crippen LogP contribution in [0.2, 0.25) is 10.0 Å². The number of halogens is 8. The molecule has 0 fully saturated rings. The molecule has 0 aliphatic carbocycles. The van der Waals surface area contributed by atoms with E-state index in [-0.39, 0.29) is 106 Å². The van der Waals surface area contributed by atoms with Crippen LogP contribution in [-0.4, -0.2) is 73.7 Å². The first-order chi connectivity index (χ1) is 45.8. The van der Waals surface area contributed by atoms with Crippen LogP contribution >= 0.6 is 23.2 Å². The van der Waals surface area contributed by atoms with Crippen LogP contribution in [-0.2, 0) is 55.1 Å². The first kappa shape index (κ1) is 62.9. The van der Waals surface area contributed by atoms with Crippen molar-refractivity contribution in [1.82, 2.24) is 58.6 Å². The fourth-order valence-corrected chi connectivity index (χ4v) is 12.5. The molecule has 4 N–H and O–H groups in total. The lowest BCUT2D eigenvalue weighted by Crippen LogP contribution is -2.42. The zero-order valence-electron chi connectivity index (χ0n) is 49.8. The maximum absolute atomic E-state index is 15.7. The van der Waals surface area contributed by atoms with Crippen molar-refractivity contribution in [3.05, 3.63) is 230 Å². The zero-order valence-corrected chi connectivity index (χ0v) is 51.3. The Hall–Kier alpha value is -10.9. The van der Waals surface area contributed by atoms with Gasteiger partial charge in [-0.05, 0) is 90.3 Å². The molecule has 9 heterocycles. The number of carbonyl (C=O) groups excluding carboxylic acids is 2. The van der Waals surface area contributed by atoms with Crippen LogP contribution in [0.25, 0.3) is 43.8 Å². The number of amides is 2. The molecule has 0 atom stereocenters. The van der Waals surface area contributed by atoms with E-state index in [2.05, 4.69) is 36.2 Å². The van der Waals surface area contributed by atoms with Crippen molar-refractivity contribution < 1.29 is 45.4 Å². The lowest BCUT2D eigenvalue weighted by Gasteiger charge is -2.20. The summed E-state index contributed by atoms with van der Waals surface area (Å²) in [6.07, 6.45) is 7.10. The summed E-state index contributed by atoms with van der Waals surface area (Å²) in [4.78, 5) is 104. The molecule has 4 bridgehead atoms. The van der Waals surface area contributed by atoms with Gasteiger partial charge in [0.2, 0.25) is 17.8 Å². The maximum atomic E-state index is 15.7. The summed E-state index contributed by atoms with van der Waals surface area (Å²) in [5.74, 6) is -9.80. The van der Waals surface area contributed by atoms with Crippen molar-refractivity contribution in [2.45, 2.75) is 77.7 Å². The predicted molar refractivity (Wildman–Crippen MR) is 339 cm³/mol. The van der Waals surface area contributed by atoms with Gasteiger partial charge in [0.25, 0.3) is 0 Å². The molecular formula is C65H50Cl2F6N14O8. The molecule has 11 aromatic rings. The number of nitrogens with one attached hydrogen (secondary N) is 4. The molecular weight excluding hydrogens is 1290 g/mol. The number of carbonyl (C=O) groups is 2. The molecule has 0 radical (unpaired) electrons. The molecule has 484 valence electrons. The number of aromatic nitrogens is 10. The Morgan fingerprint density at radius 1 is 0.611 bits per heavy atom. The zero-order chi connectivity index (χ0) is 66.5. The molecule has 95 heavy (non-hydrogen) atoms. The molecule has 0 unspecified atom stereocenters. The molecule has 22 nitrogen and oxygen atoms in total. The Morgan fingerprint density at radius 3 is 2.02 bits per heavy atom. The predicted octanol–water partition coefficient (Wildman–Crippen LogP) is 10.2. The van der Waals surface area contributed by atoms with Crippen molar-refractivity contribution in [2.24, 2.45) is 0 Å². The van der Waals surface area contributed by atoms with E-state index in [9.17, 15) is 41.1 Å². The average molecular weight is 1340 g/mol. The highest BCUT2D eigenvalue weighted by molar-refractivity contribution is 6.34. The van der Waals surface area contributed by atoms with Crippen molar-refractivity contribution in [2.75, 3.05) is 24.4 Å². The van der Waals surface area contributed by atoms with Gasteiger partial charge in [-0.3, -0.25) is 28.6 Å². The van der Waals surface area contributed by atoms with E-state index in [0.29, 0.717) is 109 Å². The van der Waals surface area contributed by atoms with Crippen LogP contribution in [0.4, 0.5) is 54.4 Å². The molecule has 0 saturated carbocycles. The van der Waals surface area contributed by atoms with Crippen LogP contribution in [0.3, 0.4) is 0 Å². The van der Waals surface area contributed by atoms with Gasteiger partial charge < -0.3 is 30.7 Å². The Morgan fingerprint density at radius 2 is 1.27 bits per heavy atom. The largest absolute Gasteiger partial charge is 0.497 e. The van der Waals surface area contributed by atoms with Gasteiger partial charge in [0.05, 0.1) is 89.8 Å². The number of hydrogen-bond acceptors (Lipinski definition) is 15. The second-order valence-electron chi connectivity index (χ2n) is 22.5. The third-order valence-electron chi connectivity index (χ3n) is 16.5. The molecule has 4 aliphatic rings. The highest BCUT2D eigenvalue weighted by atomic mass is 35.5. The van der Waals surface area contributed by atoms with Gasteiger partial charge in [0.1, 0.15) is 11.6 Å². The van der Waals surface area contributed by atoms with Gasteiger partial charge in [-0.1, -0.05) is 66.0 Å². The maximum Gasteiger partial charge on any atom is 0.407 e. The molecule has 6 aromatic carbocycles. The van der Waals surface area contributed by atoms with Crippen molar-refractivity contribution in [3.63, 3.8) is 0 Å². The summed E-state index contributed by atoms with van der Waals surface area (Å²) in [5.41, 5.74) is -2.81. The lowest BCUT2D eigenvalue weighted by molar-refractivity contribution is -0.121. The van der Waals surface area contributed by atoms with Gasteiger partial charge >= 0.3 is 28.9 Å². The standard InChI is InChI=1S/C65H50Cl2F6N14O8/c1-94-38-18-33-8-3-2-4-14-53(88)76-24-36-11-6-12-40-50(75-27-52(55(36)40)87-62(90)80-59(78-57(33)42(66)20-38)85(65(87)93)29-37-19-45(69)46(70)22-44(37)68)31-83-30-41-39-13-7-15-95-63(91)77-25-35-10-5-9-34-23-74-26-51(54(34)35)86-61(89)81-60(79-58(39)43(67)21-49(41)82-83)84(64(86)92)28-32-16-47(71)56(73)48(72)17-32/h5-6,9-12,16-23,26-27,30H,2-4,7-8,13-15,24-25,28-29,31H2,1H3,(H,76,88)(H,77,91)(H,78,80,90)(H,79,81,89). The Labute approximate surface area is 541 Å². The van der Waals surface area contributed by atoms with Gasteiger partial charge in [-0.15, -0.1) is 0 Å². The summed E-state index contributed by atoms with van der Waals surface area (Å²) in [6.45, 7) is -2.05. The summed E-state index contributed by atoms with van der Waals surface area (Å²) in [6, 6.07) is 16.9. The Bertz CT molecular complexity index is 5250. The highest BCUT2D eigenvalue weighted by Gasteiger charge is 2.27. The fourth-order valence-electron chi connectivity index (χ4n) is 12.0. The minimum Gasteiger partial charge on any atom is -0.497 e. The number of ether oxygens (including phenoxy) is 2. The summed E-state index contributed by atoms with van der Waals surface area (Å²) in [5, 5.41) is 18.4. The molecule has 2 amide bonds. The van der Waals surface area contributed by atoms with Crippen LogP contribution in [0.1, 0.15) is 71.2 Å². The van der Waals surface area contributed by atoms with E-state index in [1.54, 1.807) is 48.7 Å². The van der Waals surface area contributed by atoms with Crippen molar-refractivity contribution >= 4 is 90.9 Å². The third kappa shape index (κ3) is 12.3. The SMILES string of the molecule is COc1cc(Cl)c2c(c1)CCCCCC(=O)NCc1cccc3c(Cn4cc5c6c(c(Cl)cc5n4)Nc4nc(=O)n(c(=O)n4Cc4cc(F)c(F)c(F)c4)-c4cncc5cccc(c45)CNC(=O)OCCC6)ncc(c13)-n1c(=O)nc(n(Cc3cc(F)c(F)cc3F)c1=O)N2. The first-order valence-corrected chi connectivity index (χ1v) is 30.3. The van der Waals surface area contributed by atoms with Crippen molar-refractivity contribution in [3.8, 4) is 17.1 Å². The molecule has 15 rings (SSSR count). The topological polar surface area (TPSA) is 258 Å². The quantitative estimate of drug-likeness (QED) is 0.0657. The monoisotopic (exact) mass is 1340 g/mol. The number of rotatable bonds is 7. The number of pyridine rings is 2. The lowest BCUT2D eigenvalue weighted by atomic mass is 10.0. The number of hydrogen-bond donors (Lipinski definition) is 4. The summed E-state index contributed by atoms with van der Waals surface area (Å²) < 4.78 is 105. The number of fused-ring (bicyclic) bond motifs is 18. The number of aryl methyl sites for hydroxylation is 2. The van der Waals surface area contributed by atoms with E-state index in [1.807, 2.05) is 0 Å². The molecule has 30 heteroatoms. The van der Waals surface area contributed by atoms with Crippen LogP contribution < -0.4 is 48.8 Å². The molecule has 5 aromatic heterocycles. The van der Waals surface area contributed by atoms with Gasteiger partial charge in [0, 0.05) is 76.5 Å². The van der Waals surface area contributed by atoms with Gasteiger partial charge in [0.15, 0.2) is 29.1 Å². The second-order valence-corrected chi connectivity index (χ2v) is 23.3. The number of nitrogens with zero attached hydrogens (tertiary/aromatic N) is 10. The normalized spacial score (nSPS) is 13.9. The number of benzene rings is 6. The Balaban J connectivity index is 0.955. The van der Waals surface area contributed by atoms with Gasteiger partial charge in [-0.2, -0.15) is 15.1 Å². The average Bonchev–Trinajstić information content (AvgIpc) is 1.32. The third-order valence-corrected chi connectivity index (χ3v) is 17.1. The van der Waals surface area contributed by atoms with E-state index in [0.717, 1.165) is 9.13 Å². The first-order valence-electron chi connectivity index (χ1n) is 29.6. The fraction of sp³-hybridized carbons (Fsp3) is 0.215. The van der Waals surface area contributed by atoms with E-state index < -0.39 is 94.3 Å². The van der Waals surface area contributed by atoms with E-state index >= 15 is 14.0 Å². The van der Waals surface area contributed by atoms with Crippen molar-refractivity contribution in [1.29, 1.82) is 0 Å². The van der Waals surface area contributed by atoms with Crippen LogP contribution in [0, 0.1) is 34.9 Å². The second kappa shape index (κ2) is 25.9. The Kier molecular flexibility index (Phi) is 17.2. The summed E-state index contributed by atoms with van der Waals surface area (Å²) >= 11 is 14.0. The summed E-state index contributed by atoms with van der Waals surface area (Å²) in [7, 11) is 1.44. The van der Waals surface area contributed by atoms with E-state index in [1.165, 1.54) is 42.5 Å². The number of alkyl carbamates (subject to hydrolysis) is 1. The molecule has 0 saturated heterocycles. The molecule has 4 aliphatic heterocycles. The van der Waals surface area contributed by atoms with Crippen LogP contribution in [0.15, 0.2) is 123 Å². The van der Waals surface area contributed by atoms with Crippen LogP contribution in [0.5, 0.6) is 5.75 Å². The smallest absolute Gasteiger partial charge is 0.407 e. The number of anilines is 4. The minimum absolute atomic E-state index is 0.0383. The van der Waals surface area contributed by atoms with E-state index in [4.69, 9.17) is 42.8 Å². The van der Waals surface area contributed by atoms with Gasteiger partial charge in [-0.25, -0.2) is 59.4 Å². The minimum atomic E-state index is -1.75.